The number of benzene rings is 7. The van der Waals surface area contributed by atoms with Gasteiger partial charge in [-0.15, -0.1) is 0 Å². The van der Waals surface area contributed by atoms with Gasteiger partial charge in [0.05, 0.1) is 16.7 Å². The molecule has 2 aliphatic rings. The number of nitrogens with zero attached hydrogens (tertiary/aromatic N) is 2. The second-order valence-corrected chi connectivity index (χ2v) is 17.1. The number of rotatable bonds is 4. The van der Waals surface area contributed by atoms with E-state index in [4.69, 9.17) is 0 Å². The van der Waals surface area contributed by atoms with Crippen molar-refractivity contribution in [2.45, 2.75) is 64.7 Å². The molecule has 0 saturated carbocycles. The highest BCUT2D eigenvalue weighted by Gasteiger charge is 2.43. The average Bonchev–Trinajstić information content (AvgIpc) is 3.48. The van der Waals surface area contributed by atoms with Gasteiger partial charge in [0.15, 0.2) is 0 Å². The van der Waals surface area contributed by atoms with E-state index in [-0.39, 0.29) is 16.2 Å². The smallest absolute Gasteiger partial charge is 0.0583 e. The van der Waals surface area contributed by atoms with E-state index in [2.05, 4.69) is 197 Å². The number of para-hydroxylation sites is 2. The molecule has 0 unspecified atom stereocenters. The molecule has 0 atom stereocenters. The highest BCUT2D eigenvalue weighted by Crippen LogP contribution is 2.56. The van der Waals surface area contributed by atoms with Crippen molar-refractivity contribution in [2.75, 3.05) is 4.90 Å². The van der Waals surface area contributed by atoms with Crippen molar-refractivity contribution in [1.82, 2.24) is 4.57 Å². The summed E-state index contributed by atoms with van der Waals surface area (Å²) in [5, 5.41) is 5.18. The largest absolute Gasteiger partial charge is 0.310 e. The molecular formula is C50H44N2. The van der Waals surface area contributed by atoms with E-state index >= 15 is 0 Å². The Bertz CT molecular complexity index is 2750. The van der Waals surface area contributed by atoms with Crippen LogP contribution in [0.3, 0.4) is 0 Å². The zero-order chi connectivity index (χ0) is 35.7. The molecule has 2 aliphatic heterocycles. The van der Waals surface area contributed by atoms with Crippen LogP contribution in [0.15, 0.2) is 140 Å². The predicted octanol–water partition coefficient (Wildman–Crippen LogP) is 13.6. The lowest BCUT2D eigenvalue weighted by atomic mass is 9.68. The highest BCUT2D eigenvalue weighted by molar-refractivity contribution is 6.15. The average molecular weight is 673 g/mol. The molecule has 0 radical (unpaired) electrons. The second kappa shape index (κ2) is 10.5. The van der Waals surface area contributed by atoms with Crippen molar-refractivity contribution in [1.29, 1.82) is 0 Å². The summed E-state index contributed by atoms with van der Waals surface area (Å²) in [6, 6.07) is 52.6. The van der Waals surface area contributed by atoms with Gasteiger partial charge in [-0.1, -0.05) is 146 Å². The molecule has 52 heavy (non-hydrogen) atoms. The van der Waals surface area contributed by atoms with E-state index in [9.17, 15) is 0 Å². The van der Waals surface area contributed by atoms with Gasteiger partial charge in [0.1, 0.15) is 0 Å². The van der Waals surface area contributed by atoms with Crippen molar-refractivity contribution in [2.24, 2.45) is 0 Å². The minimum absolute atomic E-state index is 0.0732. The van der Waals surface area contributed by atoms with E-state index in [0.29, 0.717) is 0 Å². The minimum Gasteiger partial charge on any atom is -0.310 e. The summed E-state index contributed by atoms with van der Waals surface area (Å²) in [6.45, 7) is 16.5. The first-order chi connectivity index (χ1) is 24.9. The molecule has 254 valence electrons. The van der Waals surface area contributed by atoms with Crippen molar-refractivity contribution >= 4 is 49.6 Å². The van der Waals surface area contributed by atoms with E-state index in [1.807, 2.05) is 0 Å². The van der Waals surface area contributed by atoms with Gasteiger partial charge in [-0.05, 0) is 97.6 Å². The minimum atomic E-state index is -0.195. The summed E-state index contributed by atoms with van der Waals surface area (Å²) in [7, 11) is 0. The van der Waals surface area contributed by atoms with Crippen molar-refractivity contribution in [3.63, 3.8) is 0 Å². The lowest BCUT2D eigenvalue weighted by molar-refractivity contribution is 0.590. The summed E-state index contributed by atoms with van der Waals surface area (Å²) in [5.74, 6) is 0. The van der Waals surface area contributed by atoms with Crippen molar-refractivity contribution in [3.05, 3.63) is 167 Å². The first-order valence-corrected chi connectivity index (χ1v) is 18.7. The van der Waals surface area contributed by atoms with Gasteiger partial charge in [0.25, 0.3) is 0 Å². The molecule has 3 heterocycles. The van der Waals surface area contributed by atoms with Crippen LogP contribution in [-0.4, -0.2) is 4.57 Å². The summed E-state index contributed by atoms with van der Waals surface area (Å²) in [4.78, 5) is 2.46. The first kappa shape index (κ1) is 31.2. The lowest BCUT2D eigenvalue weighted by Crippen LogP contribution is -2.33. The normalized spacial score (nSPS) is 15.1. The number of hydrogen-bond acceptors (Lipinski definition) is 1. The Balaban J connectivity index is 1.22. The third-order valence-corrected chi connectivity index (χ3v) is 12.3. The molecule has 0 bridgehead atoms. The van der Waals surface area contributed by atoms with Gasteiger partial charge in [-0.3, -0.25) is 0 Å². The van der Waals surface area contributed by atoms with E-state index in [0.717, 1.165) is 11.4 Å². The maximum atomic E-state index is 2.61. The molecule has 0 spiro atoms. The van der Waals surface area contributed by atoms with Gasteiger partial charge >= 0.3 is 0 Å². The third kappa shape index (κ3) is 4.24. The van der Waals surface area contributed by atoms with Crippen LogP contribution in [0, 0.1) is 0 Å². The monoisotopic (exact) mass is 672 g/mol. The maximum Gasteiger partial charge on any atom is 0.0583 e. The highest BCUT2D eigenvalue weighted by atomic mass is 15.1. The van der Waals surface area contributed by atoms with Crippen LogP contribution in [0.2, 0.25) is 0 Å². The summed E-state index contributed by atoms with van der Waals surface area (Å²) >= 11 is 0. The van der Waals surface area contributed by atoms with E-state index in [1.54, 1.807) is 0 Å². The van der Waals surface area contributed by atoms with Crippen LogP contribution >= 0.6 is 0 Å². The quantitative estimate of drug-likeness (QED) is 0.181. The molecule has 2 nitrogen and oxygen atoms in total. The Morgan fingerprint density at radius 3 is 1.73 bits per heavy atom. The van der Waals surface area contributed by atoms with Crippen LogP contribution in [0.5, 0.6) is 0 Å². The van der Waals surface area contributed by atoms with Crippen LogP contribution in [0.1, 0.15) is 76.3 Å². The molecule has 10 rings (SSSR count). The molecule has 1 aromatic heterocycles. The maximum absolute atomic E-state index is 2.61. The molecule has 0 N–H and O–H groups in total. The third-order valence-electron chi connectivity index (χ3n) is 12.3. The first-order valence-electron chi connectivity index (χ1n) is 18.7. The van der Waals surface area contributed by atoms with Gasteiger partial charge < -0.3 is 9.47 Å². The standard InChI is InChI=1S/C50H44N2/c1-48(2,3)35-22-26-37(27-23-35)51(36-24-20-32(21-25-36)34-19-18-31-12-8-9-13-33(31)28-34)38-29-40-39-14-10-15-41-45(39)52-46(40)44(30-38)50(6,7)43-17-11-16-42(47(43)52)49(41,4)5/h8-30H,1-7H3. The molecule has 0 fully saturated rings. The zero-order valence-corrected chi connectivity index (χ0v) is 31.2. The van der Waals surface area contributed by atoms with E-state index in [1.165, 1.54) is 82.9 Å². The van der Waals surface area contributed by atoms with Gasteiger partial charge in [-0.25, -0.2) is 0 Å². The Hall–Kier alpha value is -5.60. The van der Waals surface area contributed by atoms with Crippen LogP contribution < -0.4 is 4.90 Å². The molecule has 0 aliphatic carbocycles. The number of aromatic nitrogens is 1. The topological polar surface area (TPSA) is 8.17 Å². The van der Waals surface area contributed by atoms with Gasteiger partial charge in [0, 0.05) is 38.7 Å². The molecular weight excluding hydrogens is 629 g/mol. The Kier molecular flexibility index (Phi) is 6.28. The summed E-state index contributed by atoms with van der Waals surface area (Å²) < 4.78 is 2.61. The fourth-order valence-corrected chi connectivity index (χ4v) is 9.33. The zero-order valence-electron chi connectivity index (χ0n) is 31.2. The summed E-state index contributed by atoms with van der Waals surface area (Å²) in [5.41, 5.74) is 16.7. The van der Waals surface area contributed by atoms with Crippen LogP contribution in [0.4, 0.5) is 17.1 Å². The van der Waals surface area contributed by atoms with E-state index < -0.39 is 0 Å². The Morgan fingerprint density at radius 2 is 1.04 bits per heavy atom. The molecule has 0 amide bonds. The molecule has 2 heteroatoms. The number of hydrogen-bond donors (Lipinski definition) is 0. The van der Waals surface area contributed by atoms with Crippen molar-refractivity contribution < 1.29 is 0 Å². The van der Waals surface area contributed by atoms with Crippen molar-refractivity contribution in [3.8, 4) is 16.8 Å². The SMILES string of the molecule is CC(C)(C)c1ccc(N(c2ccc(-c3ccc4ccccc4c3)cc2)c2cc3c4c(c2)c2cccc5c2n4-c2c(cccc2C3(C)C)C5(C)C)cc1. The Morgan fingerprint density at radius 1 is 0.462 bits per heavy atom. The Labute approximate surface area is 307 Å². The lowest BCUT2D eigenvalue weighted by Gasteiger charge is -2.42. The van der Waals surface area contributed by atoms with Crippen LogP contribution in [0.25, 0.3) is 49.4 Å². The summed E-state index contributed by atoms with van der Waals surface area (Å²) in [6.07, 6.45) is 0. The predicted molar refractivity (Wildman–Crippen MR) is 221 cm³/mol. The number of anilines is 3. The second-order valence-electron chi connectivity index (χ2n) is 17.1. The van der Waals surface area contributed by atoms with Gasteiger partial charge in [-0.2, -0.15) is 0 Å². The number of fused-ring (bicyclic) bond motifs is 2. The van der Waals surface area contributed by atoms with Gasteiger partial charge in [0.2, 0.25) is 0 Å². The fraction of sp³-hybridized carbons (Fsp3) is 0.200. The molecule has 0 saturated heterocycles. The van der Waals surface area contributed by atoms with Crippen LogP contribution in [-0.2, 0) is 16.2 Å². The fourth-order valence-electron chi connectivity index (χ4n) is 9.33. The molecule has 7 aromatic carbocycles. The molecule has 8 aromatic rings.